The molecule has 0 spiro atoms. The van der Waals surface area contributed by atoms with Gasteiger partial charge in [-0.05, 0) is 44.0 Å². The predicted octanol–water partition coefficient (Wildman–Crippen LogP) is 1.86. The van der Waals surface area contributed by atoms with Gasteiger partial charge in [0.2, 0.25) is 0 Å². The summed E-state index contributed by atoms with van der Waals surface area (Å²) in [5.74, 6) is -1.96. The summed E-state index contributed by atoms with van der Waals surface area (Å²) in [6.07, 6.45) is 7.70. The van der Waals surface area contributed by atoms with Crippen LogP contribution in [0.5, 0.6) is 0 Å². The number of carbonyl (C=O) groups is 3. The maximum Gasteiger partial charge on any atom is 0.320 e. The van der Waals surface area contributed by atoms with Gasteiger partial charge in [0.1, 0.15) is 6.04 Å². The monoisotopic (exact) mass is 466 g/mol. The molecule has 1 aliphatic rings. The quantitative estimate of drug-likeness (QED) is 0.350. The van der Waals surface area contributed by atoms with E-state index in [2.05, 4.69) is 5.73 Å². The van der Waals surface area contributed by atoms with Gasteiger partial charge in [0.25, 0.3) is 0 Å². The Morgan fingerprint density at radius 1 is 1.13 bits per heavy atom. The van der Waals surface area contributed by atoms with E-state index in [0.717, 1.165) is 0 Å². The summed E-state index contributed by atoms with van der Waals surface area (Å²) in [6.45, 7) is 0.0491. The van der Waals surface area contributed by atoms with Crippen LogP contribution in [0.25, 0.3) is 0 Å². The van der Waals surface area contributed by atoms with Crippen molar-refractivity contribution in [3.05, 3.63) is 33.8 Å². The van der Waals surface area contributed by atoms with Crippen LogP contribution in [0.1, 0.15) is 48.9 Å². The van der Waals surface area contributed by atoms with E-state index >= 15 is 0 Å². The van der Waals surface area contributed by atoms with Crippen LogP contribution in [0.4, 0.5) is 0 Å². The lowest BCUT2D eigenvalue weighted by Gasteiger charge is -2.15. The van der Waals surface area contributed by atoms with Crippen molar-refractivity contribution in [2.75, 3.05) is 13.1 Å². The van der Waals surface area contributed by atoms with Gasteiger partial charge in [-0.25, -0.2) is 0 Å². The van der Waals surface area contributed by atoms with Crippen LogP contribution in [-0.4, -0.2) is 53.6 Å². The Labute approximate surface area is 186 Å². The number of benzene rings is 1. The number of aliphatic carboxylic acids is 2. The molecule has 1 aliphatic carbocycles. The van der Waals surface area contributed by atoms with E-state index in [0.29, 0.717) is 40.9 Å². The second-order valence-electron chi connectivity index (χ2n) is 6.30. The maximum atomic E-state index is 10.2. The molecule has 30 heavy (non-hydrogen) atoms. The molecule has 1 atom stereocenters. The first-order chi connectivity index (χ1) is 14.1. The fourth-order valence-electron chi connectivity index (χ4n) is 2.03. The number of rotatable bonds is 5. The van der Waals surface area contributed by atoms with Gasteiger partial charge in [0.05, 0.1) is 11.6 Å². The first-order valence-corrected chi connectivity index (χ1v) is 10.1. The Bertz CT molecular complexity index is 629. The molecule has 0 saturated heterocycles. The van der Waals surface area contributed by atoms with E-state index in [4.69, 9.17) is 50.6 Å². The van der Waals surface area contributed by atoms with Crippen LogP contribution in [-0.2, 0) is 9.59 Å². The average Bonchev–Trinajstić information content (AvgIpc) is 2.70. The number of halogens is 2. The number of carboxylic acids is 2. The first-order valence-electron chi connectivity index (χ1n) is 9.35. The normalized spacial score (nSPS) is 13.8. The standard InChI is InChI=1S/C7H4Cl2O.C6H13N.C4H10N2O2.C2H5NO2/c8-6-2-1-5(4-10)7(9)3-6;7-6-4-2-1-3-5-6;5-2-1-3(6)4(7)8;3-1-2(4)5/h1-4H;6H,1-5,7H2;3H,1-2,5-6H2,(H,7,8);1,3H2,(H,4,5)/t;;3-;/m..0./s1. The minimum atomic E-state index is -0.990. The van der Waals surface area contributed by atoms with Crippen molar-refractivity contribution in [2.24, 2.45) is 22.9 Å². The summed E-state index contributed by atoms with van der Waals surface area (Å²) in [5.41, 5.74) is 20.7. The minimum absolute atomic E-state index is 0.278. The third kappa shape index (κ3) is 18.3. The lowest BCUT2D eigenvalue weighted by atomic mass is 9.97. The number of hydrogen-bond acceptors (Lipinski definition) is 7. The second-order valence-corrected chi connectivity index (χ2v) is 7.15. The van der Waals surface area contributed by atoms with Crippen LogP contribution in [0.15, 0.2) is 18.2 Å². The average molecular weight is 467 g/mol. The summed E-state index contributed by atoms with van der Waals surface area (Å²) in [5, 5.41) is 16.7. The predicted molar refractivity (Wildman–Crippen MR) is 119 cm³/mol. The highest BCUT2D eigenvalue weighted by Gasteiger charge is 2.08. The summed E-state index contributed by atoms with van der Waals surface area (Å²) < 4.78 is 0. The van der Waals surface area contributed by atoms with Gasteiger partial charge in [0.15, 0.2) is 6.29 Å². The third-order valence-electron chi connectivity index (χ3n) is 3.71. The molecule has 2 rings (SSSR count). The lowest BCUT2D eigenvalue weighted by molar-refractivity contribution is -0.138. The van der Waals surface area contributed by atoms with E-state index in [1.54, 1.807) is 12.1 Å². The summed E-state index contributed by atoms with van der Waals surface area (Å²) in [7, 11) is 0. The summed E-state index contributed by atoms with van der Waals surface area (Å²) in [6, 6.07) is 4.48. The molecular weight excluding hydrogens is 435 g/mol. The highest BCUT2D eigenvalue weighted by molar-refractivity contribution is 6.36. The largest absolute Gasteiger partial charge is 0.480 e. The number of nitrogens with two attached hydrogens (primary N) is 4. The minimum Gasteiger partial charge on any atom is -0.480 e. The van der Waals surface area contributed by atoms with E-state index in [9.17, 15) is 14.4 Å². The topological polar surface area (TPSA) is 196 Å². The van der Waals surface area contributed by atoms with Crippen molar-refractivity contribution in [2.45, 2.75) is 50.6 Å². The van der Waals surface area contributed by atoms with Crippen LogP contribution in [0, 0.1) is 0 Å². The maximum absolute atomic E-state index is 10.2. The van der Waals surface area contributed by atoms with E-state index in [1.165, 1.54) is 38.2 Å². The number of hydrogen-bond donors (Lipinski definition) is 6. The molecule has 1 fully saturated rings. The van der Waals surface area contributed by atoms with Gasteiger partial charge < -0.3 is 33.1 Å². The molecule has 0 aliphatic heterocycles. The van der Waals surface area contributed by atoms with Crippen molar-refractivity contribution in [3.8, 4) is 0 Å². The summed E-state index contributed by atoms with van der Waals surface area (Å²) in [4.78, 5) is 29.4. The molecule has 9 nitrogen and oxygen atoms in total. The van der Waals surface area contributed by atoms with Gasteiger partial charge in [-0.15, -0.1) is 0 Å². The van der Waals surface area contributed by atoms with Crippen LogP contribution in [0.2, 0.25) is 10.0 Å². The number of carboxylic acid groups (broad SMARTS) is 2. The van der Waals surface area contributed by atoms with E-state index in [-0.39, 0.29) is 6.54 Å². The third-order valence-corrected chi connectivity index (χ3v) is 4.27. The molecule has 0 amide bonds. The van der Waals surface area contributed by atoms with E-state index in [1.807, 2.05) is 0 Å². The van der Waals surface area contributed by atoms with Crippen molar-refractivity contribution < 1.29 is 24.6 Å². The number of aldehydes is 1. The molecule has 1 aromatic rings. The van der Waals surface area contributed by atoms with E-state index < -0.39 is 18.0 Å². The molecule has 10 N–H and O–H groups in total. The van der Waals surface area contributed by atoms with Crippen molar-refractivity contribution in [3.63, 3.8) is 0 Å². The van der Waals surface area contributed by atoms with Gasteiger partial charge in [-0.2, -0.15) is 0 Å². The Kier molecular flexibility index (Phi) is 19.5. The highest BCUT2D eigenvalue weighted by atomic mass is 35.5. The van der Waals surface area contributed by atoms with Crippen LogP contribution in [0.3, 0.4) is 0 Å². The van der Waals surface area contributed by atoms with Gasteiger partial charge in [-0.3, -0.25) is 14.4 Å². The van der Waals surface area contributed by atoms with Crippen LogP contribution < -0.4 is 22.9 Å². The van der Waals surface area contributed by atoms with Gasteiger partial charge in [-0.1, -0.05) is 42.5 Å². The zero-order valence-electron chi connectivity index (χ0n) is 16.8. The van der Waals surface area contributed by atoms with Crippen molar-refractivity contribution >= 4 is 41.4 Å². The Morgan fingerprint density at radius 2 is 1.67 bits per heavy atom. The van der Waals surface area contributed by atoms with Crippen molar-refractivity contribution in [1.29, 1.82) is 0 Å². The molecule has 1 saturated carbocycles. The molecule has 0 heterocycles. The zero-order chi connectivity index (χ0) is 23.5. The Morgan fingerprint density at radius 3 is 1.93 bits per heavy atom. The van der Waals surface area contributed by atoms with Crippen LogP contribution >= 0.6 is 23.2 Å². The molecule has 0 radical (unpaired) electrons. The molecule has 0 unspecified atom stereocenters. The fourth-order valence-corrected chi connectivity index (χ4v) is 2.49. The zero-order valence-corrected chi connectivity index (χ0v) is 18.3. The van der Waals surface area contributed by atoms with Gasteiger partial charge in [0, 0.05) is 16.6 Å². The van der Waals surface area contributed by atoms with Crippen molar-refractivity contribution in [1.82, 2.24) is 0 Å². The molecule has 11 heteroatoms. The number of carbonyl (C=O) groups excluding carboxylic acids is 1. The molecule has 1 aromatic carbocycles. The Hall–Kier alpha value is -1.75. The smallest absolute Gasteiger partial charge is 0.320 e. The molecule has 0 bridgehead atoms. The Balaban J connectivity index is 0. The molecule has 0 aromatic heterocycles. The molecule has 172 valence electrons. The fraction of sp³-hybridized carbons (Fsp3) is 0.526. The highest BCUT2D eigenvalue weighted by Crippen LogP contribution is 2.19. The first kappa shape index (κ1) is 30.4. The lowest BCUT2D eigenvalue weighted by Crippen LogP contribution is -2.32. The SMILES string of the molecule is NC1CCCCC1.NCC(=O)O.NCC[C@H](N)C(=O)O.O=Cc1ccc(Cl)cc1Cl. The summed E-state index contributed by atoms with van der Waals surface area (Å²) >= 11 is 11.2. The van der Waals surface area contributed by atoms with Gasteiger partial charge >= 0.3 is 11.9 Å². The molecular formula is C19H32Cl2N4O5. The second kappa shape index (κ2) is 19.2.